The number of alkyl halides is 3. The van der Waals surface area contributed by atoms with Crippen LogP contribution in [0.4, 0.5) is 30.2 Å². The van der Waals surface area contributed by atoms with Crippen molar-refractivity contribution in [1.29, 1.82) is 0 Å². The van der Waals surface area contributed by atoms with Gasteiger partial charge in [0.25, 0.3) is 5.91 Å². The number of nitrogens with one attached hydrogen (secondary N) is 2. The van der Waals surface area contributed by atoms with Crippen LogP contribution in [0.3, 0.4) is 0 Å². The van der Waals surface area contributed by atoms with Gasteiger partial charge in [0.15, 0.2) is 0 Å². The van der Waals surface area contributed by atoms with Crippen LogP contribution >= 0.6 is 0 Å². The molecule has 0 saturated carbocycles. The quantitative estimate of drug-likeness (QED) is 0.674. The zero-order chi connectivity index (χ0) is 22.9. The number of amides is 1. The van der Waals surface area contributed by atoms with Crippen LogP contribution in [0.5, 0.6) is 0 Å². The molecule has 1 amide bonds. The van der Waals surface area contributed by atoms with Gasteiger partial charge in [-0.2, -0.15) is 13.2 Å². The molecule has 2 aliphatic heterocycles. The van der Waals surface area contributed by atoms with E-state index >= 15 is 0 Å². The minimum Gasteiger partial charge on any atom is -0.387 e. The van der Waals surface area contributed by atoms with Gasteiger partial charge in [-0.15, -0.1) is 0 Å². The summed E-state index contributed by atoms with van der Waals surface area (Å²) < 4.78 is 41.7. The van der Waals surface area contributed by atoms with Gasteiger partial charge in [-0.25, -0.2) is 0 Å². The number of anilines is 3. The van der Waals surface area contributed by atoms with Crippen LogP contribution in [-0.4, -0.2) is 49.6 Å². The molecule has 2 aromatic carbocycles. The van der Waals surface area contributed by atoms with Crippen molar-refractivity contribution < 1.29 is 18.0 Å². The minimum absolute atomic E-state index is 0.235. The second-order valence-corrected chi connectivity index (χ2v) is 8.59. The van der Waals surface area contributed by atoms with Crippen molar-refractivity contribution in [2.45, 2.75) is 44.4 Å². The Balaban J connectivity index is 1.55. The maximum Gasteiger partial charge on any atom is 0.418 e. The van der Waals surface area contributed by atoms with Crippen molar-refractivity contribution >= 4 is 23.0 Å². The Kier molecular flexibility index (Phi) is 6.33. The van der Waals surface area contributed by atoms with Crippen molar-refractivity contribution in [3.8, 4) is 0 Å². The molecular weight excluding hydrogens is 417 g/mol. The van der Waals surface area contributed by atoms with Gasteiger partial charge in [0, 0.05) is 43.6 Å². The molecule has 4 rings (SSSR count). The number of halogens is 3. The van der Waals surface area contributed by atoms with Crippen molar-refractivity contribution in [2.24, 2.45) is 0 Å². The first kappa shape index (κ1) is 22.5. The molecule has 2 N–H and O–H groups in total. The summed E-state index contributed by atoms with van der Waals surface area (Å²) in [5, 5.41) is 5.35. The van der Waals surface area contributed by atoms with Gasteiger partial charge < -0.3 is 15.5 Å². The van der Waals surface area contributed by atoms with Crippen LogP contribution < -0.4 is 15.5 Å². The molecule has 2 unspecified atom stereocenters. The third kappa shape index (κ3) is 4.55. The number of benzene rings is 2. The lowest BCUT2D eigenvalue weighted by molar-refractivity contribution is -0.136. The summed E-state index contributed by atoms with van der Waals surface area (Å²) in [7, 11) is 1.66. The van der Waals surface area contributed by atoms with Crippen LogP contribution in [0, 0.1) is 0 Å². The number of likely N-dealkylation sites (tertiary alicyclic amines) is 1. The highest BCUT2D eigenvalue weighted by molar-refractivity contribution is 6.08. The summed E-state index contributed by atoms with van der Waals surface area (Å²) in [6.07, 6.45) is -1.27. The number of hydrogen-bond acceptors (Lipinski definition) is 4. The fourth-order valence-corrected chi connectivity index (χ4v) is 4.91. The Labute approximate surface area is 186 Å². The van der Waals surface area contributed by atoms with Crippen molar-refractivity contribution in [1.82, 2.24) is 4.90 Å². The van der Waals surface area contributed by atoms with E-state index < -0.39 is 17.6 Å². The highest BCUT2D eigenvalue weighted by Gasteiger charge is 2.37. The Hall–Kier alpha value is -2.74. The van der Waals surface area contributed by atoms with Crippen LogP contribution in [0.2, 0.25) is 0 Å². The molecule has 2 aromatic rings. The second kappa shape index (κ2) is 9.02. The fourth-order valence-electron chi connectivity index (χ4n) is 4.91. The largest absolute Gasteiger partial charge is 0.418 e. The molecule has 0 spiro atoms. The molecule has 2 saturated heterocycles. The first-order valence-electron chi connectivity index (χ1n) is 11.1. The molecule has 5 nitrogen and oxygen atoms in total. The SMILES string of the molecule is CNc1ccccc1C(=O)Nc1ccc(N2CCC(N3CCCC3C)C2)cc1C(F)(F)F. The maximum absolute atomic E-state index is 13.9. The van der Waals surface area contributed by atoms with E-state index in [-0.39, 0.29) is 11.3 Å². The van der Waals surface area contributed by atoms with E-state index in [1.54, 1.807) is 37.4 Å². The van der Waals surface area contributed by atoms with Crippen LogP contribution in [0.15, 0.2) is 42.5 Å². The van der Waals surface area contributed by atoms with E-state index in [0.29, 0.717) is 23.5 Å². The predicted molar refractivity (Wildman–Crippen MR) is 121 cm³/mol. The number of carbonyl (C=O) groups is 1. The van der Waals surface area contributed by atoms with Gasteiger partial charge in [0.2, 0.25) is 0 Å². The van der Waals surface area contributed by atoms with Gasteiger partial charge in [-0.05, 0) is 63.1 Å². The number of carbonyl (C=O) groups excluding carboxylic acids is 1. The van der Waals surface area contributed by atoms with Crippen LogP contribution in [0.1, 0.15) is 42.1 Å². The summed E-state index contributed by atoms with van der Waals surface area (Å²) in [6, 6.07) is 11.8. The van der Waals surface area contributed by atoms with Crippen molar-refractivity contribution in [2.75, 3.05) is 42.2 Å². The van der Waals surface area contributed by atoms with Gasteiger partial charge >= 0.3 is 6.18 Å². The summed E-state index contributed by atoms with van der Waals surface area (Å²) >= 11 is 0. The average Bonchev–Trinajstić information content (AvgIpc) is 3.42. The lowest BCUT2D eigenvalue weighted by Gasteiger charge is -2.29. The molecule has 172 valence electrons. The zero-order valence-electron chi connectivity index (χ0n) is 18.4. The van der Waals surface area contributed by atoms with Crippen molar-refractivity contribution in [3.63, 3.8) is 0 Å². The third-order valence-electron chi connectivity index (χ3n) is 6.60. The van der Waals surface area contributed by atoms with E-state index in [4.69, 9.17) is 0 Å². The van der Waals surface area contributed by atoms with Gasteiger partial charge in [0.1, 0.15) is 0 Å². The molecule has 32 heavy (non-hydrogen) atoms. The number of nitrogens with zero attached hydrogens (tertiary/aromatic N) is 2. The van der Waals surface area contributed by atoms with Gasteiger partial charge in [-0.1, -0.05) is 12.1 Å². The third-order valence-corrected chi connectivity index (χ3v) is 6.60. The Morgan fingerprint density at radius 3 is 2.53 bits per heavy atom. The minimum atomic E-state index is -4.58. The second-order valence-electron chi connectivity index (χ2n) is 8.59. The molecule has 0 bridgehead atoms. The highest BCUT2D eigenvalue weighted by Crippen LogP contribution is 2.39. The Bertz CT molecular complexity index is 978. The first-order chi connectivity index (χ1) is 15.3. The monoisotopic (exact) mass is 446 g/mol. The van der Waals surface area contributed by atoms with E-state index in [1.165, 1.54) is 18.9 Å². The predicted octanol–water partition coefficient (Wildman–Crippen LogP) is 5.06. The molecule has 0 aromatic heterocycles. The van der Waals surface area contributed by atoms with Crippen LogP contribution in [0.25, 0.3) is 0 Å². The smallest absolute Gasteiger partial charge is 0.387 e. The molecule has 2 fully saturated rings. The Morgan fingerprint density at radius 2 is 1.84 bits per heavy atom. The molecule has 0 aliphatic carbocycles. The highest BCUT2D eigenvalue weighted by atomic mass is 19.4. The molecule has 2 atom stereocenters. The van der Waals surface area contributed by atoms with Gasteiger partial charge in [-0.3, -0.25) is 9.69 Å². The summed E-state index contributed by atoms with van der Waals surface area (Å²) in [5.41, 5.74) is 0.313. The van der Waals surface area contributed by atoms with E-state index in [2.05, 4.69) is 22.5 Å². The summed E-state index contributed by atoms with van der Waals surface area (Å²) in [5.74, 6) is -0.586. The number of rotatable bonds is 5. The lowest BCUT2D eigenvalue weighted by Crippen LogP contribution is -2.39. The van der Waals surface area contributed by atoms with Crippen molar-refractivity contribution in [3.05, 3.63) is 53.6 Å². The fraction of sp³-hybridized carbons (Fsp3) is 0.458. The molecule has 0 radical (unpaired) electrons. The normalized spacial score (nSPS) is 21.7. The van der Waals surface area contributed by atoms with E-state index in [9.17, 15) is 18.0 Å². The Morgan fingerprint density at radius 1 is 1.06 bits per heavy atom. The standard InChI is InChI=1S/C24H29F3N4O/c1-16-6-5-12-31(16)18-11-13-30(15-18)17-9-10-22(20(14-17)24(25,26)27)29-23(32)19-7-3-4-8-21(19)28-2/h3-4,7-10,14,16,18,28H,5-6,11-13,15H2,1-2H3,(H,29,32). The molecule has 8 heteroatoms. The topological polar surface area (TPSA) is 47.6 Å². The lowest BCUT2D eigenvalue weighted by atomic mass is 10.1. The molecule has 2 heterocycles. The van der Waals surface area contributed by atoms with Crippen LogP contribution in [-0.2, 0) is 6.18 Å². The molecular formula is C24H29F3N4O. The van der Waals surface area contributed by atoms with Gasteiger partial charge in [0.05, 0.1) is 16.8 Å². The molecule has 2 aliphatic rings. The number of hydrogen-bond donors (Lipinski definition) is 2. The van der Waals surface area contributed by atoms with E-state index in [0.717, 1.165) is 32.1 Å². The summed E-state index contributed by atoms with van der Waals surface area (Å²) in [4.78, 5) is 17.2. The van der Waals surface area contributed by atoms with E-state index in [1.807, 2.05) is 4.90 Å². The number of para-hydroxylation sites is 1. The average molecular weight is 447 g/mol. The maximum atomic E-state index is 13.9. The zero-order valence-corrected chi connectivity index (χ0v) is 18.4. The first-order valence-corrected chi connectivity index (χ1v) is 11.1. The summed E-state index contributed by atoms with van der Waals surface area (Å²) in [6.45, 7) is 4.74.